The van der Waals surface area contributed by atoms with Crippen LogP contribution < -0.4 is 15.0 Å². The van der Waals surface area contributed by atoms with Gasteiger partial charge in [0.1, 0.15) is 12.4 Å². The minimum Gasteiger partial charge on any atom is -0.489 e. The lowest BCUT2D eigenvalue weighted by molar-refractivity contribution is 0.0564. The quantitative estimate of drug-likeness (QED) is 0.842. The molecule has 6 nitrogen and oxygen atoms in total. The van der Waals surface area contributed by atoms with Crippen LogP contribution in [0.25, 0.3) is 0 Å². The lowest BCUT2D eigenvalue weighted by Gasteiger charge is -2.29. The number of anilines is 2. The molecule has 6 heteroatoms. The zero-order valence-electron chi connectivity index (χ0n) is 11.6. The second kappa shape index (κ2) is 5.58. The fourth-order valence-corrected chi connectivity index (χ4v) is 2.40. The summed E-state index contributed by atoms with van der Waals surface area (Å²) in [6, 6.07) is 5.67. The van der Waals surface area contributed by atoms with Crippen molar-refractivity contribution >= 4 is 17.4 Å². The molecule has 1 aromatic rings. The van der Waals surface area contributed by atoms with E-state index < -0.39 is 0 Å². The summed E-state index contributed by atoms with van der Waals surface area (Å²) in [6.45, 7) is 4.03. The molecule has 0 bridgehead atoms. The fraction of sp³-hybridized carbons (Fsp3) is 0.500. The highest BCUT2D eigenvalue weighted by Gasteiger charge is 2.19. The first-order chi connectivity index (χ1) is 9.74. The van der Waals surface area contributed by atoms with Gasteiger partial charge in [-0.3, -0.25) is 0 Å². The minimum atomic E-state index is -0.0857. The van der Waals surface area contributed by atoms with E-state index in [-0.39, 0.29) is 6.03 Å². The van der Waals surface area contributed by atoms with Crippen molar-refractivity contribution < 1.29 is 14.3 Å². The van der Waals surface area contributed by atoms with E-state index in [1.54, 1.807) is 4.90 Å². The molecule has 2 aliphatic heterocycles. The zero-order chi connectivity index (χ0) is 13.9. The predicted molar refractivity (Wildman–Crippen MR) is 76.6 cm³/mol. The van der Waals surface area contributed by atoms with E-state index in [0.29, 0.717) is 32.9 Å². The van der Waals surface area contributed by atoms with Gasteiger partial charge in [-0.1, -0.05) is 0 Å². The standard InChI is InChI=1S/C14H19N3O3/c1-16-4-9-20-13-10-11(2-3-12(13)16)15-14(18)17-5-7-19-8-6-17/h2-3,10H,4-9H2,1H3,(H,15,18). The van der Waals surface area contributed by atoms with Crippen LogP contribution in [0.2, 0.25) is 0 Å². The van der Waals surface area contributed by atoms with Crippen molar-refractivity contribution in [2.75, 3.05) is 56.7 Å². The lowest BCUT2D eigenvalue weighted by atomic mass is 10.2. The van der Waals surface area contributed by atoms with E-state index in [4.69, 9.17) is 9.47 Å². The Morgan fingerprint density at radius 1 is 1.20 bits per heavy atom. The molecular weight excluding hydrogens is 258 g/mol. The maximum absolute atomic E-state index is 12.1. The van der Waals surface area contributed by atoms with E-state index in [1.807, 2.05) is 25.2 Å². The van der Waals surface area contributed by atoms with E-state index in [9.17, 15) is 4.79 Å². The highest BCUT2D eigenvalue weighted by atomic mass is 16.5. The molecular formula is C14H19N3O3. The number of rotatable bonds is 1. The molecule has 2 heterocycles. The predicted octanol–water partition coefficient (Wildman–Crippen LogP) is 1.38. The number of ether oxygens (including phenoxy) is 2. The molecule has 0 unspecified atom stereocenters. The maximum atomic E-state index is 12.1. The van der Waals surface area contributed by atoms with Crippen LogP contribution in [0.5, 0.6) is 5.75 Å². The monoisotopic (exact) mass is 277 g/mol. The van der Waals surface area contributed by atoms with Crippen LogP contribution >= 0.6 is 0 Å². The summed E-state index contributed by atoms with van der Waals surface area (Å²) < 4.78 is 10.9. The number of fused-ring (bicyclic) bond motifs is 1. The molecule has 0 atom stereocenters. The number of hydrogen-bond acceptors (Lipinski definition) is 4. The van der Waals surface area contributed by atoms with Gasteiger partial charge < -0.3 is 24.6 Å². The second-order valence-electron chi connectivity index (χ2n) is 4.98. The normalized spacial score (nSPS) is 18.2. The molecule has 2 aliphatic rings. The van der Waals surface area contributed by atoms with Crippen molar-refractivity contribution in [3.05, 3.63) is 18.2 Å². The molecule has 1 N–H and O–H groups in total. The molecule has 2 amide bonds. The molecule has 0 radical (unpaired) electrons. The highest BCUT2D eigenvalue weighted by Crippen LogP contribution is 2.33. The molecule has 1 saturated heterocycles. The molecule has 108 valence electrons. The third-order valence-corrected chi connectivity index (χ3v) is 3.60. The van der Waals surface area contributed by atoms with Gasteiger partial charge in [-0.2, -0.15) is 0 Å². The number of urea groups is 1. The van der Waals surface area contributed by atoms with Crippen LogP contribution in [0.1, 0.15) is 0 Å². The summed E-state index contributed by atoms with van der Waals surface area (Å²) in [7, 11) is 2.04. The highest BCUT2D eigenvalue weighted by molar-refractivity contribution is 5.90. The number of amides is 2. The average Bonchev–Trinajstić information content (AvgIpc) is 2.48. The maximum Gasteiger partial charge on any atom is 0.322 e. The topological polar surface area (TPSA) is 54.0 Å². The molecule has 1 fully saturated rings. The van der Waals surface area contributed by atoms with Crippen molar-refractivity contribution in [3.8, 4) is 5.75 Å². The van der Waals surface area contributed by atoms with Crippen molar-refractivity contribution in [2.45, 2.75) is 0 Å². The van der Waals surface area contributed by atoms with E-state index in [1.165, 1.54) is 0 Å². The second-order valence-corrected chi connectivity index (χ2v) is 4.98. The number of hydrogen-bond donors (Lipinski definition) is 1. The SMILES string of the molecule is CN1CCOc2cc(NC(=O)N3CCOCC3)ccc21. The number of likely N-dealkylation sites (N-methyl/N-ethyl adjacent to an activating group) is 1. The van der Waals surface area contributed by atoms with E-state index in [0.717, 1.165) is 23.7 Å². The summed E-state index contributed by atoms with van der Waals surface area (Å²) >= 11 is 0. The first-order valence-corrected chi connectivity index (χ1v) is 6.86. The number of benzene rings is 1. The molecule has 1 aromatic carbocycles. The van der Waals surface area contributed by atoms with Gasteiger partial charge in [0.15, 0.2) is 0 Å². The molecule has 0 saturated carbocycles. The van der Waals surface area contributed by atoms with Gasteiger partial charge in [0.2, 0.25) is 0 Å². The van der Waals surface area contributed by atoms with Crippen LogP contribution in [-0.2, 0) is 4.74 Å². The van der Waals surface area contributed by atoms with Gasteiger partial charge >= 0.3 is 6.03 Å². The molecule has 20 heavy (non-hydrogen) atoms. The van der Waals surface area contributed by atoms with Crippen LogP contribution in [0.4, 0.5) is 16.2 Å². The van der Waals surface area contributed by atoms with Crippen LogP contribution in [0.15, 0.2) is 18.2 Å². The van der Waals surface area contributed by atoms with Gasteiger partial charge in [0.25, 0.3) is 0 Å². The van der Waals surface area contributed by atoms with Gasteiger partial charge in [0.05, 0.1) is 25.4 Å². The third-order valence-electron chi connectivity index (χ3n) is 3.60. The van der Waals surface area contributed by atoms with Gasteiger partial charge in [0, 0.05) is 31.9 Å². The summed E-state index contributed by atoms with van der Waals surface area (Å²) in [5, 5.41) is 2.91. The van der Waals surface area contributed by atoms with Gasteiger partial charge in [-0.05, 0) is 12.1 Å². The van der Waals surface area contributed by atoms with Crippen molar-refractivity contribution in [1.29, 1.82) is 0 Å². The molecule has 0 spiro atoms. The third kappa shape index (κ3) is 2.65. The first-order valence-electron chi connectivity index (χ1n) is 6.86. The first kappa shape index (κ1) is 13.1. The van der Waals surface area contributed by atoms with Gasteiger partial charge in [-0.15, -0.1) is 0 Å². The minimum absolute atomic E-state index is 0.0857. The summed E-state index contributed by atoms with van der Waals surface area (Å²) in [6.07, 6.45) is 0. The summed E-state index contributed by atoms with van der Waals surface area (Å²) in [4.78, 5) is 16.0. The Kier molecular flexibility index (Phi) is 3.64. The Hall–Kier alpha value is -1.95. The molecule has 0 aromatic heterocycles. The number of carbonyl (C=O) groups is 1. The van der Waals surface area contributed by atoms with Crippen LogP contribution in [0, 0.1) is 0 Å². The Labute approximate surface area is 118 Å². The van der Waals surface area contributed by atoms with Crippen LogP contribution in [0.3, 0.4) is 0 Å². The van der Waals surface area contributed by atoms with Crippen molar-refractivity contribution in [3.63, 3.8) is 0 Å². The van der Waals surface area contributed by atoms with Crippen molar-refractivity contribution in [1.82, 2.24) is 4.90 Å². The molecule has 3 rings (SSSR count). The largest absolute Gasteiger partial charge is 0.489 e. The smallest absolute Gasteiger partial charge is 0.322 e. The van der Waals surface area contributed by atoms with Crippen LogP contribution in [-0.4, -0.2) is 57.4 Å². The number of carbonyl (C=O) groups excluding carboxylic acids is 1. The number of morpholine rings is 1. The Morgan fingerprint density at radius 2 is 2.00 bits per heavy atom. The Bertz CT molecular complexity index is 500. The van der Waals surface area contributed by atoms with E-state index in [2.05, 4.69) is 10.2 Å². The zero-order valence-corrected chi connectivity index (χ0v) is 11.6. The fourth-order valence-electron chi connectivity index (χ4n) is 2.40. The summed E-state index contributed by atoms with van der Waals surface area (Å²) in [5.41, 5.74) is 1.82. The Balaban J connectivity index is 1.70. The lowest BCUT2D eigenvalue weighted by Crippen LogP contribution is -2.43. The number of nitrogens with one attached hydrogen (secondary N) is 1. The molecule has 0 aliphatic carbocycles. The van der Waals surface area contributed by atoms with Gasteiger partial charge in [-0.25, -0.2) is 4.79 Å². The number of nitrogens with zero attached hydrogens (tertiary/aromatic N) is 2. The van der Waals surface area contributed by atoms with Crippen molar-refractivity contribution in [2.24, 2.45) is 0 Å². The average molecular weight is 277 g/mol. The Morgan fingerprint density at radius 3 is 2.80 bits per heavy atom. The van der Waals surface area contributed by atoms with E-state index >= 15 is 0 Å². The summed E-state index contributed by atoms with van der Waals surface area (Å²) in [5.74, 6) is 0.818.